The number of urea groups is 1. The molecule has 2 aliphatic heterocycles. The number of nitrogens with one attached hydrogen (secondary N) is 1. The van der Waals surface area contributed by atoms with Gasteiger partial charge in [0.25, 0.3) is 5.91 Å². The molecular weight excluding hydrogens is 354 g/mol. The Balaban J connectivity index is 1.66. The lowest BCUT2D eigenvalue weighted by molar-refractivity contribution is -0.121. The molecule has 28 heavy (non-hydrogen) atoms. The maximum atomic E-state index is 13.4. The Morgan fingerprint density at radius 2 is 1.79 bits per heavy atom. The topological polar surface area (TPSA) is 65.6 Å². The molecule has 6 nitrogen and oxygen atoms in total. The van der Waals surface area contributed by atoms with Gasteiger partial charge >= 0.3 is 6.03 Å². The van der Waals surface area contributed by atoms with Gasteiger partial charge in [0.1, 0.15) is 11.8 Å². The minimum Gasteiger partial charge on any atom is -0.495 e. The number of nitrogens with zero attached hydrogens (tertiary/aromatic N) is 2. The zero-order chi connectivity index (χ0) is 19.6. The standard InChI is InChI=1S/C22H21N3O3/c1-22(2)19-14(13-8-4-5-9-15(13)23-19)12-17-20(26)24(21(27)25(17)22)16-10-6-7-11-18(16)28-3/h4-11,17,23H,12H2,1-3H3/t17-/m0/s1. The monoisotopic (exact) mass is 375 g/mol. The van der Waals surface area contributed by atoms with Crippen molar-refractivity contribution in [2.45, 2.75) is 31.8 Å². The van der Waals surface area contributed by atoms with E-state index in [0.29, 0.717) is 17.9 Å². The summed E-state index contributed by atoms with van der Waals surface area (Å²) in [4.78, 5) is 33.2. The molecule has 1 saturated heterocycles. The van der Waals surface area contributed by atoms with Crippen molar-refractivity contribution in [2.75, 3.05) is 12.0 Å². The summed E-state index contributed by atoms with van der Waals surface area (Å²) in [5.41, 5.74) is 2.99. The Morgan fingerprint density at radius 3 is 2.57 bits per heavy atom. The number of para-hydroxylation sites is 3. The summed E-state index contributed by atoms with van der Waals surface area (Å²) >= 11 is 0. The first-order valence-electron chi connectivity index (χ1n) is 9.35. The van der Waals surface area contributed by atoms with Gasteiger partial charge in [-0.25, -0.2) is 9.69 Å². The summed E-state index contributed by atoms with van der Waals surface area (Å²) < 4.78 is 5.39. The third-order valence-corrected chi connectivity index (χ3v) is 5.97. The minimum absolute atomic E-state index is 0.210. The van der Waals surface area contributed by atoms with Gasteiger partial charge in [-0.2, -0.15) is 0 Å². The summed E-state index contributed by atoms with van der Waals surface area (Å²) in [6, 6.07) is 14.4. The second-order valence-electron chi connectivity index (χ2n) is 7.80. The zero-order valence-corrected chi connectivity index (χ0v) is 16.0. The molecule has 0 unspecified atom stereocenters. The molecular formula is C22H21N3O3. The van der Waals surface area contributed by atoms with Gasteiger partial charge in [-0.3, -0.25) is 4.79 Å². The van der Waals surface area contributed by atoms with Crippen molar-refractivity contribution < 1.29 is 14.3 Å². The highest BCUT2D eigenvalue weighted by Crippen LogP contribution is 2.46. The van der Waals surface area contributed by atoms with Gasteiger partial charge in [0.05, 0.1) is 18.3 Å². The van der Waals surface area contributed by atoms with E-state index in [9.17, 15) is 9.59 Å². The van der Waals surface area contributed by atoms with Crippen LogP contribution in [0.1, 0.15) is 25.1 Å². The number of methoxy groups -OCH3 is 1. The predicted molar refractivity (Wildman–Crippen MR) is 107 cm³/mol. The van der Waals surface area contributed by atoms with E-state index >= 15 is 0 Å². The first kappa shape index (κ1) is 16.9. The molecule has 3 aromatic rings. The molecule has 1 atom stereocenters. The van der Waals surface area contributed by atoms with Crippen molar-refractivity contribution in [3.05, 3.63) is 59.8 Å². The van der Waals surface area contributed by atoms with Crippen LogP contribution in [0.2, 0.25) is 0 Å². The summed E-state index contributed by atoms with van der Waals surface area (Å²) in [6.07, 6.45) is 0.499. The van der Waals surface area contributed by atoms with E-state index in [1.54, 1.807) is 23.1 Å². The number of aromatic amines is 1. The van der Waals surface area contributed by atoms with Crippen LogP contribution in [0.3, 0.4) is 0 Å². The van der Waals surface area contributed by atoms with E-state index < -0.39 is 11.6 Å². The summed E-state index contributed by atoms with van der Waals surface area (Å²) in [5.74, 6) is 0.296. The number of hydrogen-bond acceptors (Lipinski definition) is 3. The number of carbonyl (C=O) groups is 2. The lowest BCUT2D eigenvalue weighted by Gasteiger charge is -2.42. The molecule has 0 aliphatic carbocycles. The summed E-state index contributed by atoms with van der Waals surface area (Å²) in [6.45, 7) is 3.98. The van der Waals surface area contributed by atoms with Gasteiger partial charge in [0, 0.05) is 23.0 Å². The van der Waals surface area contributed by atoms with Gasteiger partial charge in [-0.05, 0) is 37.6 Å². The Labute approximate surface area is 162 Å². The smallest absolute Gasteiger partial charge is 0.333 e. The molecule has 5 rings (SSSR count). The van der Waals surface area contributed by atoms with E-state index in [4.69, 9.17) is 4.74 Å². The molecule has 3 heterocycles. The van der Waals surface area contributed by atoms with E-state index in [1.165, 1.54) is 12.0 Å². The van der Waals surface area contributed by atoms with E-state index in [-0.39, 0.29) is 11.9 Å². The van der Waals surface area contributed by atoms with Gasteiger partial charge in [-0.1, -0.05) is 30.3 Å². The van der Waals surface area contributed by atoms with Crippen LogP contribution in [0.25, 0.3) is 10.9 Å². The number of anilines is 1. The largest absolute Gasteiger partial charge is 0.495 e. The maximum absolute atomic E-state index is 13.4. The predicted octanol–water partition coefficient (Wildman–Crippen LogP) is 3.81. The fourth-order valence-electron chi connectivity index (χ4n) is 4.69. The molecule has 0 radical (unpaired) electrons. The van der Waals surface area contributed by atoms with Crippen molar-refractivity contribution in [1.82, 2.24) is 9.88 Å². The first-order chi connectivity index (χ1) is 13.4. The average Bonchev–Trinajstić information content (AvgIpc) is 3.19. The van der Waals surface area contributed by atoms with Gasteiger partial charge < -0.3 is 14.6 Å². The lowest BCUT2D eigenvalue weighted by Crippen LogP contribution is -2.52. The van der Waals surface area contributed by atoms with Gasteiger partial charge in [0.2, 0.25) is 0 Å². The SMILES string of the molecule is COc1ccccc1N1C(=O)[C@@H]2Cc3c([nH]c4ccccc34)C(C)(C)N2C1=O. The summed E-state index contributed by atoms with van der Waals surface area (Å²) in [7, 11) is 1.54. The van der Waals surface area contributed by atoms with Crippen LogP contribution in [0.5, 0.6) is 5.75 Å². The second kappa shape index (κ2) is 5.61. The van der Waals surface area contributed by atoms with Crippen molar-refractivity contribution in [3.63, 3.8) is 0 Å². The number of amides is 3. The van der Waals surface area contributed by atoms with Gasteiger partial charge in [-0.15, -0.1) is 0 Å². The number of H-pyrrole nitrogens is 1. The van der Waals surface area contributed by atoms with Crippen LogP contribution in [0.15, 0.2) is 48.5 Å². The normalized spacial score (nSPS) is 20.5. The number of fused-ring (bicyclic) bond motifs is 4. The molecule has 142 valence electrons. The Hall–Kier alpha value is -3.28. The number of carbonyl (C=O) groups excluding carboxylic acids is 2. The van der Waals surface area contributed by atoms with E-state index in [2.05, 4.69) is 11.1 Å². The second-order valence-corrected chi connectivity index (χ2v) is 7.80. The average molecular weight is 375 g/mol. The third-order valence-electron chi connectivity index (χ3n) is 5.97. The highest BCUT2D eigenvalue weighted by molar-refractivity contribution is 6.22. The minimum atomic E-state index is -0.638. The summed E-state index contributed by atoms with van der Waals surface area (Å²) in [5, 5.41) is 1.11. The third kappa shape index (κ3) is 2.03. The number of rotatable bonds is 2. The fourth-order valence-corrected chi connectivity index (χ4v) is 4.69. The van der Waals surface area contributed by atoms with Crippen LogP contribution >= 0.6 is 0 Å². The quantitative estimate of drug-likeness (QED) is 0.693. The highest BCUT2D eigenvalue weighted by atomic mass is 16.5. The van der Waals surface area contributed by atoms with Crippen LogP contribution in [-0.4, -0.2) is 35.0 Å². The Morgan fingerprint density at radius 1 is 1.07 bits per heavy atom. The Kier molecular flexibility index (Phi) is 3.38. The number of aromatic nitrogens is 1. The van der Waals surface area contributed by atoms with E-state index in [1.807, 2.05) is 38.1 Å². The number of ether oxygens (including phenoxy) is 1. The van der Waals surface area contributed by atoms with Crippen molar-refractivity contribution in [1.29, 1.82) is 0 Å². The maximum Gasteiger partial charge on any atom is 0.333 e. The molecule has 0 spiro atoms. The highest BCUT2D eigenvalue weighted by Gasteiger charge is 2.56. The number of benzene rings is 2. The molecule has 2 aliphatic rings. The molecule has 0 saturated carbocycles. The lowest BCUT2D eigenvalue weighted by atomic mass is 9.85. The fraction of sp³-hybridized carbons (Fsp3) is 0.273. The van der Waals surface area contributed by atoms with Crippen molar-refractivity contribution in [3.8, 4) is 5.75 Å². The van der Waals surface area contributed by atoms with Gasteiger partial charge in [0.15, 0.2) is 0 Å². The van der Waals surface area contributed by atoms with Crippen molar-refractivity contribution in [2.24, 2.45) is 0 Å². The number of imide groups is 1. The molecule has 1 aromatic heterocycles. The van der Waals surface area contributed by atoms with Crippen LogP contribution in [0.4, 0.5) is 10.5 Å². The zero-order valence-electron chi connectivity index (χ0n) is 16.0. The molecule has 1 N–H and O–H groups in total. The number of hydrogen-bond donors (Lipinski definition) is 1. The first-order valence-corrected chi connectivity index (χ1v) is 9.35. The van der Waals surface area contributed by atoms with E-state index in [0.717, 1.165) is 22.2 Å². The molecule has 1 fully saturated rings. The Bertz CT molecular complexity index is 1130. The molecule has 0 bridgehead atoms. The molecule has 2 aromatic carbocycles. The van der Waals surface area contributed by atoms with Crippen LogP contribution in [-0.2, 0) is 16.8 Å². The van der Waals surface area contributed by atoms with Crippen LogP contribution < -0.4 is 9.64 Å². The molecule has 3 amide bonds. The van der Waals surface area contributed by atoms with Crippen molar-refractivity contribution >= 4 is 28.5 Å². The van der Waals surface area contributed by atoms with Crippen LogP contribution in [0, 0.1) is 0 Å². The molecule has 6 heteroatoms.